The van der Waals surface area contributed by atoms with Crippen molar-refractivity contribution in [2.45, 2.75) is 13.3 Å². The summed E-state index contributed by atoms with van der Waals surface area (Å²) in [5.74, 6) is 0.544. The standard InChI is InChI=1S/C11H13ClN2O2/c1-8-6-9(4-2-3-5-12)10(13)7-11(8)14(15)16/h2,4,6-7H,3,5,13H2,1H3. The van der Waals surface area contributed by atoms with Gasteiger partial charge in [-0.3, -0.25) is 10.1 Å². The lowest BCUT2D eigenvalue weighted by Gasteiger charge is -2.03. The number of nitrogens with two attached hydrogens (primary N) is 1. The number of hydrogen-bond donors (Lipinski definition) is 1. The minimum atomic E-state index is -0.433. The maximum Gasteiger partial charge on any atom is 0.274 e. The highest BCUT2D eigenvalue weighted by Crippen LogP contribution is 2.25. The second-order valence-electron chi connectivity index (χ2n) is 3.40. The number of benzene rings is 1. The molecule has 0 radical (unpaired) electrons. The van der Waals surface area contributed by atoms with E-state index < -0.39 is 4.92 Å². The van der Waals surface area contributed by atoms with Gasteiger partial charge in [-0.15, -0.1) is 11.6 Å². The molecule has 0 saturated carbocycles. The fourth-order valence-electron chi connectivity index (χ4n) is 1.35. The highest BCUT2D eigenvalue weighted by molar-refractivity contribution is 6.17. The van der Waals surface area contributed by atoms with Crippen molar-refractivity contribution in [2.24, 2.45) is 0 Å². The van der Waals surface area contributed by atoms with Crippen molar-refractivity contribution in [3.05, 3.63) is 39.4 Å². The monoisotopic (exact) mass is 240 g/mol. The van der Waals surface area contributed by atoms with Crippen molar-refractivity contribution in [3.8, 4) is 0 Å². The molecular weight excluding hydrogens is 228 g/mol. The third-order valence-electron chi connectivity index (χ3n) is 2.17. The molecule has 4 nitrogen and oxygen atoms in total. The summed E-state index contributed by atoms with van der Waals surface area (Å²) in [4.78, 5) is 10.2. The zero-order valence-corrected chi connectivity index (χ0v) is 9.70. The Morgan fingerprint density at radius 3 is 2.81 bits per heavy atom. The molecule has 0 atom stereocenters. The average molecular weight is 241 g/mol. The summed E-state index contributed by atoms with van der Waals surface area (Å²) in [5.41, 5.74) is 7.56. The number of halogens is 1. The molecule has 0 amide bonds. The number of nitro groups is 1. The molecule has 0 aliphatic rings. The lowest BCUT2D eigenvalue weighted by molar-refractivity contribution is -0.385. The van der Waals surface area contributed by atoms with E-state index in [0.29, 0.717) is 17.1 Å². The molecule has 0 aliphatic heterocycles. The van der Waals surface area contributed by atoms with Gasteiger partial charge < -0.3 is 5.73 Å². The SMILES string of the molecule is Cc1cc(C=CCCCl)c(N)cc1[N+](=O)[O-]. The molecule has 86 valence electrons. The largest absolute Gasteiger partial charge is 0.398 e. The van der Waals surface area contributed by atoms with Crippen molar-refractivity contribution in [1.29, 1.82) is 0 Å². The van der Waals surface area contributed by atoms with E-state index in [1.54, 1.807) is 13.0 Å². The van der Waals surface area contributed by atoms with Gasteiger partial charge in [0.1, 0.15) is 0 Å². The number of anilines is 1. The van der Waals surface area contributed by atoms with E-state index in [4.69, 9.17) is 17.3 Å². The van der Waals surface area contributed by atoms with Gasteiger partial charge in [0.15, 0.2) is 0 Å². The number of hydrogen-bond acceptors (Lipinski definition) is 3. The van der Waals surface area contributed by atoms with Crippen LogP contribution in [0.25, 0.3) is 6.08 Å². The molecule has 0 heterocycles. The molecule has 1 aromatic rings. The average Bonchev–Trinajstić information content (AvgIpc) is 2.22. The second-order valence-corrected chi connectivity index (χ2v) is 3.78. The van der Waals surface area contributed by atoms with Crippen LogP contribution in [0.5, 0.6) is 0 Å². The summed E-state index contributed by atoms with van der Waals surface area (Å²) in [5, 5.41) is 10.7. The predicted octanol–water partition coefficient (Wildman–Crippen LogP) is 3.13. The van der Waals surface area contributed by atoms with Crippen LogP contribution >= 0.6 is 11.6 Å². The Hall–Kier alpha value is -1.55. The van der Waals surface area contributed by atoms with Crippen LogP contribution in [0, 0.1) is 17.0 Å². The number of aryl methyl sites for hydroxylation is 1. The van der Waals surface area contributed by atoms with Crippen LogP contribution in [0.15, 0.2) is 18.2 Å². The van der Waals surface area contributed by atoms with E-state index >= 15 is 0 Å². The van der Waals surface area contributed by atoms with E-state index in [2.05, 4.69) is 0 Å². The minimum absolute atomic E-state index is 0.0481. The van der Waals surface area contributed by atoms with E-state index in [-0.39, 0.29) is 5.69 Å². The molecule has 0 saturated heterocycles. The van der Waals surface area contributed by atoms with Gasteiger partial charge in [-0.1, -0.05) is 12.2 Å². The normalized spacial score (nSPS) is 10.9. The Morgan fingerprint density at radius 2 is 2.25 bits per heavy atom. The first-order valence-corrected chi connectivity index (χ1v) is 5.36. The van der Waals surface area contributed by atoms with Crippen molar-refractivity contribution in [3.63, 3.8) is 0 Å². The Kier molecular flexibility index (Phi) is 4.31. The molecule has 2 N–H and O–H groups in total. The third kappa shape index (κ3) is 2.97. The van der Waals surface area contributed by atoms with Crippen LogP contribution in [0.3, 0.4) is 0 Å². The van der Waals surface area contributed by atoms with E-state index in [0.717, 1.165) is 12.0 Å². The molecule has 0 fully saturated rings. The summed E-state index contributed by atoms with van der Waals surface area (Å²) >= 11 is 5.53. The Balaban J connectivity index is 3.05. The predicted molar refractivity (Wildman–Crippen MR) is 66.6 cm³/mol. The summed E-state index contributed by atoms with van der Waals surface area (Å²) in [6, 6.07) is 3.09. The van der Waals surface area contributed by atoms with Crippen LogP contribution in [-0.4, -0.2) is 10.8 Å². The molecule has 5 heteroatoms. The van der Waals surface area contributed by atoms with Crippen LogP contribution < -0.4 is 5.73 Å². The van der Waals surface area contributed by atoms with Crippen molar-refractivity contribution >= 4 is 29.1 Å². The van der Waals surface area contributed by atoms with Crippen LogP contribution in [0.1, 0.15) is 17.5 Å². The second kappa shape index (κ2) is 5.51. The maximum atomic E-state index is 10.7. The quantitative estimate of drug-likeness (QED) is 0.380. The number of nitro benzene ring substituents is 1. The Morgan fingerprint density at radius 1 is 1.56 bits per heavy atom. The van der Waals surface area contributed by atoms with Gasteiger partial charge in [-0.25, -0.2) is 0 Å². The molecule has 0 aliphatic carbocycles. The number of rotatable bonds is 4. The lowest BCUT2D eigenvalue weighted by atomic mass is 10.1. The molecule has 0 spiro atoms. The zero-order valence-electron chi connectivity index (χ0n) is 8.94. The summed E-state index contributed by atoms with van der Waals surface area (Å²) < 4.78 is 0. The fraction of sp³-hybridized carbons (Fsp3) is 0.273. The number of alkyl halides is 1. The van der Waals surface area contributed by atoms with Gasteiger partial charge in [0.2, 0.25) is 0 Å². The zero-order chi connectivity index (χ0) is 12.1. The molecule has 16 heavy (non-hydrogen) atoms. The van der Waals surface area contributed by atoms with Gasteiger partial charge in [0.05, 0.1) is 4.92 Å². The van der Waals surface area contributed by atoms with E-state index in [9.17, 15) is 10.1 Å². The Bertz CT molecular complexity index is 430. The molecule has 0 unspecified atom stereocenters. The summed E-state index contributed by atoms with van der Waals surface area (Å²) in [7, 11) is 0. The molecule has 1 rings (SSSR count). The lowest BCUT2D eigenvalue weighted by Crippen LogP contribution is -1.96. The van der Waals surface area contributed by atoms with Gasteiger partial charge >= 0.3 is 0 Å². The first-order chi connectivity index (χ1) is 7.56. The number of nitrogen functional groups attached to an aromatic ring is 1. The number of nitrogens with zero attached hydrogens (tertiary/aromatic N) is 1. The fourth-order valence-corrected chi connectivity index (χ4v) is 1.48. The molecular formula is C11H13ClN2O2. The van der Waals surface area contributed by atoms with Crippen molar-refractivity contribution in [2.75, 3.05) is 11.6 Å². The van der Waals surface area contributed by atoms with Gasteiger partial charge in [0.25, 0.3) is 5.69 Å². The molecule has 1 aromatic carbocycles. The summed E-state index contributed by atoms with van der Waals surface area (Å²) in [6.45, 7) is 1.69. The highest BCUT2D eigenvalue weighted by Gasteiger charge is 2.12. The smallest absolute Gasteiger partial charge is 0.274 e. The Labute approximate surface area is 98.9 Å². The van der Waals surface area contributed by atoms with Crippen molar-refractivity contribution < 1.29 is 4.92 Å². The topological polar surface area (TPSA) is 69.2 Å². The third-order valence-corrected chi connectivity index (χ3v) is 2.39. The minimum Gasteiger partial charge on any atom is -0.398 e. The van der Waals surface area contributed by atoms with E-state index in [1.807, 2.05) is 12.2 Å². The maximum absolute atomic E-state index is 10.7. The molecule has 0 aromatic heterocycles. The molecule has 0 bridgehead atoms. The first-order valence-electron chi connectivity index (χ1n) is 4.83. The van der Waals surface area contributed by atoms with Gasteiger partial charge in [-0.2, -0.15) is 0 Å². The van der Waals surface area contributed by atoms with Crippen LogP contribution in [0.2, 0.25) is 0 Å². The van der Waals surface area contributed by atoms with E-state index in [1.165, 1.54) is 6.07 Å². The van der Waals surface area contributed by atoms with Crippen LogP contribution in [0.4, 0.5) is 11.4 Å². The first kappa shape index (κ1) is 12.5. The highest BCUT2D eigenvalue weighted by atomic mass is 35.5. The van der Waals surface area contributed by atoms with Crippen LogP contribution in [-0.2, 0) is 0 Å². The number of allylic oxidation sites excluding steroid dienone is 1. The van der Waals surface area contributed by atoms with Crippen molar-refractivity contribution in [1.82, 2.24) is 0 Å². The summed E-state index contributed by atoms with van der Waals surface area (Å²) in [6.07, 6.45) is 4.47. The van der Waals surface area contributed by atoms with Gasteiger partial charge in [0, 0.05) is 23.2 Å². The van der Waals surface area contributed by atoms with Gasteiger partial charge in [-0.05, 0) is 25.0 Å².